The maximum Gasteiger partial charge on any atom is 0.0406 e. The van der Waals surface area contributed by atoms with E-state index in [2.05, 4.69) is 21.9 Å². The van der Waals surface area contributed by atoms with Crippen LogP contribution in [-0.4, -0.2) is 29.1 Å². The van der Waals surface area contributed by atoms with Crippen molar-refractivity contribution in [2.24, 2.45) is 0 Å². The molecule has 1 fully saturated rings. The zero-order valence-corrected chi connectivity index (χ0v) is 9.88. The number of likely N-dealkylation sites (tertiary alicyclic amines) is 1. The number of rotatable bonds is 3. The van der Waals surface area contributed by atoms with E-state index in [1.54, 1.807) is 0 Å². The largest absolute Gasteiger partial charge is 0.353 e. The third-order valence-corrected chi connectivity index (χ3v) is 3.26. The molecule has 0 saturated carbocycles. The van der Waals surface area contributed by atoms with Gasteiger partial charge in [-0.05, 0) is 38.1 Å². The number of hydrogen-bond donors (Lipinski definition) is 0. The summed E-state index contributed by atoms with van der Waals surface area (Å²) in [5.74, 6) is 0. The van der Waals surface area contributed by atoms with Crippen molar-refractivity contribution in [1.82, 2.24) is 9.47 Å². The van der Waals surface area contributed by atoms with Crippen LogP contribution in [0.25, 0.3) is 0 Å². The van der Waals surface area contributed by atoms with Crippen LogP contribution in [0.3, 0.4) is 0 Å². The molecule has 0 unspecified atom stereocenters. The molecule has 0 amide bonds. The van der Waals surface area contributed by atoms with Gasteiger partial charge in [0, 0.05) is 30.0 Å². The Morgan fingerprint density at radius 2 is 1.67 bits per heavy atom. The summed E-state index contributed by atoms with van der Waals surface area (Å²) in [4.78, 5) is 2.55. The van der Waals surface area contributed by atoms with E-state index in [4.69, 9.17) is 12.2 Å². The van der Waals surface area contributed by atoms with Gasteiger partial charge in [0.05, 0.1) is 0 Å². The molecular formula is C12H18N2S. The smallest absolute Gasteiger partial charge is 0.0406 e. The fourth-order valence-electron chi connectivity index (χ4n) is 2.03. The van der Waals surface area contributed by atoms with Crippen molar-refractivity contribution in [3.63, 3.8) is 0 Å². The van der Waals surface area contributed by atoms with E-state index < -0.39 is 0 Å². The second-order valence-electron chi connectivity index (χ2n) is 4.17. The molecule has 1 saturated heterocycles. The molecule has 15 heavy (non-hydrogen) atoms. The number of hydrogen-bond acceptors (Lipinski definition) is 2. The Bertz CT molecular complexity index is 332. The van der Waals surface area contributed by atoms with Gasteiger partial charge < -0.3 is 9.47 Å². The Morgan fingerprint density at radius 1 is 1.00 bits per heavy atom. The molecule has 0 atom stereocenters. The summed E-state index contributed by atoms with van der Waals surface area (Å²) in [7, 11) is 0. The van der Waals surface area contributed by atoms with Gasteiger partial charge in [0.15, 0.2) is 0 Å². The summed E-state index contributed by atoms with van der Waals surface area (Å²) in [6.45, 7) is 4.80. The van der Waals surface area contributed by atoms with E-state index in [9.17, 15) is 0 Å². The average molecular weight is 222 g/mol. The van der Waals surface area contributed by atoms with Gasteiger partial charge in [-0.25, -0.2) is 0 Å². The minimum absolute atomic E-state index is 0.921. The lowest BCUT2D eigenvalue weighted by molar-refractivity contribution is 0.220. The monoisotopic (exact) mass is 222 g/mol. The van der Waals surface area contributed by atoms with Gasteiger partial charge in [-0.15, -0.1) is 0 Å². The van der Waals surface area contributed by atoms with E-state index in [0.29, 0.717) is 0 Å². The highest BCUT2D eigenvalue weighted by atomic mass is 32.1. The summed E-state index contributed by atoms with van der Waals surface area (Å²) in [6.07, 6.45) is 8.30. The summed E-state index contributed by atoms with van der Waals surface area (Å²) >= 11 is 5.06. The Kier molecular flexibility index (Phi) is 3.92. The van der Waals surface area contributed by atoms with Gasteiger partial charge >= 0.3 is 0 Å². The maximum absolute atomic E-state index is 5.06. The lowest BCUT2D eigenvalue weighted by atomic mass is 10.1. The predicted octanol–water partition coefficient (Wildman–Crippen LogP) is 2.70. The summed E-state index contributed by atoms with van der Waals surface area (Å²) < 4.78 is 3.13. The molecule has 2 rings (SSSR count). The molecule has 0 bridgehead atoms. The second-order valence-corrected chi connectivity index (χ2v) is 4.65. The summed E-state index contributed by atoms with van der Waals surface area (Å²) in [5, 5.41) is 0. The van der Waals surface area contributed by atoms with E-state index in [-0.39, 0.29) is 0 Å². The van der Waals surface area contributed by atoms with Crippen molar-refractivity contribution in [2.45, 2.75) is 25.8 Å². The molecule has 0 radical (unpaired) electrons. The first-order valence-electron chi connectivity index (χ1n) is 5.73. The number of aromatic nitrogens is 1. The Hall–Kier alpha value is -0.670. The van der Waals surface area contributed by atoms with Crippen LogP contribution >= 0.6 is 12.2 Å². The first kappa shape index (κ1) is 10.8. The SMILES string of the molecule is S=c1ccn(CCN2CCCCC2)cc1. The number of nitrogens with zero attached hydrogens (tertiary/aromatic N) is 2. The van der Waals surface area contributed by atoms with E-state index in [1.807, 2.05) is 12.1 Å². The third kappa shape index (κ3) is 3.43. The molecular weight excluding hydrogens is 204 g/mol. The molecule has 2 heterocycles. The molecule has 1 aromatic heterocycles. The molecule has 0 aliphatic carbocycles. The van der Waals surface area contributed by atoms with Crippen LogP contribution in [0.2, 0.25) is 0 Å². The first-order valence-corrected chi connectivity index (χ1v) is 6.14. The summed E-state index contributed by atoms with van der Waals surface area (Å²) in [6, 6.07) is 3.98. The topological polar surface area (TPSA) is 8.17 Å². The van der Waals surface area contributed by atoms with Crippen molar-refractivity contribution in [1.29, 1.82) is 0 Å². The maximum atomic E-state index is 5.06. The van der Waals surface area contributed by atoms with Gasteiger partial charge in [-0.2, -0.15) is 0 Å². The van der Waals surface area contributed by atoms with Crippen molar-refractivity contribution >= 4 is 12.2 Å². The standard InChI is InChI=1S/C12H18N2S/c15-12-4-8-14(9-5-12)11-10-13-6-2-1-3-7-13/h4-5,8-9H,1-3,6-7,10-11H2. The minimum atomic E-state index is 0.921. The molecule has 1 aliphatic rings. The van der Waals surface area contributed by atoms with Crippen LogP contribution in [-0.2, 0) is 6.54 Å². The van der Waals surface area contributed by atoms with Crippen LogP contribution in [0, 0.1) is 4.51 Å². The van der Waals surface area contributed by atoms with Gasteiger partial charge in [-0.3, -0.25) is 0 Å². The fourth-order valence-corrected chi connectivity index (χ4v) is 2.15. The quantitative estimate of drug-likeness (QED) is 0.727. The molecule has 0 aromatic carbocycles. The van der Waals surface area contributed by atoms with Gasteiger partial charge in [0.25, 0.3) is 0 Å². The number of pyridine rings is 1. The number of piperidine rings is 1. The molecule has 82 valence electrons. The molecule has 3 heteroatoms. The van der Waals surface area contributed by atoms with E-state index >= 15 is 0 Å². The lowest BCUT2D eigenvalue weighted by Gasteiger charge is -2.26. The van der Waals surface area contributed by atoms with Crippen molar-refractivity contribution < 1.29 is 0 Å². The molecule has 0 spiro atoms. The average Bonchev–Trinajstić information content (AvgIpc) is 2.30. The molecule has 1 aliphatic heterocycles. The van der Waals surface area contributed by atoms with Crippen LogP contribution in [0.15, 0.2) is 24.5 Å². The van der Waals surface area contributed by atoms with Crippen molar-refractivity contribution in [3.05, 3.63) is 29.0 Å². The zero-order valence-electron chi connectivity index (χ0n) is 9.06. The minimum Gasteiger partial charge on any atom is -0.353 e. The van der Waals surface area contributed by atoms with Crippen LogP contribution < -0.4 is 0 Å². The molecule has 1 aromatic rings. The second kappa shape index (κ2) is 5.42. The first-order chi connectivity index (χ1) is 7.34. The van der Waals surface area contributed by atoms with Gasteiger partial charge in [-0.1, -0.05) is 18.6 Å². The zero-order chi connectivity index (χ0) is 10.5. The van der Waals surface area contributed by atoms with Gasteiger partial charge in [0.2, 0.25) is 0 Å². The van der Waals surface area contributed by atoms with Crippen LogP contribution in [0.5, 0.6) is 0 Å². The Labute approximate surface area is 96.5 Å². The van der Waals surface area contributed by atoms with Crippen molar-refractivity contribution in [3.8, 4) is 0 Å². The highest BCUT2D eigenvalue weighted by Crippen LogP contribution is 2.08. The highest BCUT2D eigenvalue weighted by molar-refractivity contribution is 7.71. The van der Waals surface area contributed by atoms with Crippen LogP contribution in [0.1, 0.15) is 19.3 Å². The van der Waals surface area contributed by atoms with E-state index in [0.717, 1.165) is 11.1 Å². The van der Waals surface area contributed by atoms with Crippen LogP contribution in [0.4, 0.5) is 0 Å². The lowest BCUT2D eigenvalue weighted by Crippen LogP contribution is -2.32. The van der Waals surface area contributed by atoms with Crippen molar-refractivity contribution in [2.75, 3.05) is 19.6 Å². The summed E-state index contributed by atoms with van der Waals surface area (Å²) in [5.41, 5.74) is 0. The molecule has 2 nitrogen and oxygen atoms in total. The fraction of sp³-hybridized carbons (Fsp3) is 0.583. The highest BCUT2D eigenvalue weighted by Gasteiger charge is 2.08. The van der Waals surface area contributed by atoms with E-state index in [1.165, 1.54) is 38.9 Å². The normalized spacial score (nSPS) is 17.9. The Morgan fingerprint density at radius 3 is 2.33 bits per heavy atom. The van der Waals surface area contributed by atoms with Gasteiger partial charge in [0.1, 0.15) is 0 Å². The molecule has 0 N–H and O–H groups in total. The Balaban J connectivity index is 1.81. The predicted molar refractivity (Wildman–Crippen MR) is 65.6 cm³/mol. The third-order valence-electron chi connectivity index (χ3n) is 2.98.